The standard InChI is InChI=1S/C41H49FN6/c1-8-31(26-35(9-2)43-29(5)32-16-11-10-12-17-32)27(3)20-21-37-28(4)39(47-46-37)41-44-38-19-13-18-36(40(38)45-41)33-23-30(24-34(42)25-33)15-14-22-48(6)7/h8-9,13,18-21,23-26,32,43,46H,2,4-5,10-12,14-17,22H2,1,3,6-7H3,(H,44,45)/b27-20+,31-8+,35-26+,37-21+. The highest BCUT2D eigenvalue weighted by atomic mass is 19.1. The number of benzene rings is 2. The van der Waals surface area contributed by atoms with Gasteiger partial charge in [0.25, 0.3) is 0 Å². The minimum Gasteiger partial charge on any atom is -0.359 e. The van der Waals surface area contributed by atoms with Crippen molar-refractivity contribution in [1.82, 2.24) is 30.4 Å². The first kappa shape index (κ1) is 34.6. The fourth-order valence-electron chi connectivity index (χ4n) is 6.42. The minimum atomic E-state index is -0.241. The van der Waals surface area contributed by atoms with Crippen LogP contribution in [-0.4, -0.2) is 45.7 Å². The number of aryl methyl sites for hydroxylation is 1. The molecule has 1 saturated carbocycles. The maximum absolute atomic E-state index is 14.7. The van der Waals surface area contributed by atoms with Gasteiger partial charge in [-0.1, -0.05) is 69.4 Å². The Kier molecular flexibility index (Phi) is 11.5. The zero-order chi connectivity index (χ0) is 34.2. The first-order valence-electron chi connectivity index (χ1n) is 17.0. The van der Waals surface area contributed by atoms with E-state index in [9.17, 15) is 4.39 Å². The molecule has 1 aliphatic carbocycles. The summed E-state index contributed by atoms with van der Waals surface area (Å²) in [7, 11) is 4.10. The van der Waals surface area contributed by atoms with Crippen molar-refractivity contribution >= 4 is 23.7 Å². The van der Waals surface area contributed by atoms with E-state index in [1.54, 1.807) is 12.1 Å². The quantitative estimate of drug-likeness (QED) is 0.129. The molecular weight excluding hydrogens is 595 g/mol. The molecule has 0 bridgehead atoms. The lowest BCUT2D eigenvalue weighted by Gasteiger charge is -2.25. The SMILES string of the molecule is C=C\C(=C/C(=C\C)C(/C)=C/C=c1/[nH]nc(-c2nc3c(-c4cc(F)cc(CCCN(C)C)c4)cccc3[nH]2)c1=C)NC(=C)C1CCCCC1. The predicted molar refractivity (Wildman–Crippen MR) is 200 cm³/mol. The number of para-hydroxylation sites is 1. The van der Waals surface area contributed by atoms with Gasteiger partial charge in [0, 0.05) is 22.2 Å². The van der Waals surface area contributed by atoms with Crippen LogP contribution in [0, 0.1) is 11.7 Å². The molecule has 1 aliphatic rings. The molecule has 0 unspecified atom stereocenters. The van der Waals surface area contributed by atoms with Crippen molar-refractivity contribution < 1.29 is 4.39 Å². The number of aromatic amines is 2. The van der Waals surface area contributed by atoms with Crippen LogP contribution >= 0.6 is 0 Å². The van der Waals surface area contributed by atoms with E-state index in [2.05, 4.69) is 90.4 Å². The third kappa shape index (κ3) is 8.39. The summed E-state index contributed by atoms with van der Waals surface area (Å²) < 4.78 is 14.7. The largest absolute Gasteiger partial charge is 0.359 e. The van der Waals surface area contributed by atoms with E-state index < -0.39 is 0 Å². The van der Waals surface area contributed by atoms with Gasteiger partial charge >= 0.3 is 0 Å². The van der Waals surface area contributed by atoms with Crippen LogP contribution in [0.1, 0.15) is 57.9 Å². The number of nitrogens with one attached hydrogen (secondary N) is 3. The number of hydrogen-bond donors (Lipinski definition) is 3. The van der Waals surface area contributed by atoms with Crippen molar-refractivity contribution in [3.05, 3.63) is 118 Å². The monoisotopic (exact) mass is 644 g/mol. The van der Waals surface area contributed by atoms with Crippen molar-refractivity contribution in [3.8, 4) is 22.6 Å². The van der Waals surface area contributed by atoms with Gasteiger partial charge in [0.1, 0.15) is 11.5 Å². The Morgan fingerprint density at radius 1 is 1.15 bits per heavy atom. The first-order chi connectivity index (χ1) is 23.2. The molecule has 0 spiro atoms. The fraction of sp³-hybridized carbons (Fsp3) is 0.317. The van der Waals surface area contributed by atoms with Gasteiger partial charge < -0.3 is 15.2 Å². The zero-order valence-corrected chi connectivity index (χ0v) is 28.9. The molecule has 48 heavy (non-hydrogen) atoms. The Morgan fingerprint density at radius 3 is 2.67 bits per heavy atom. The van der Waals surface area contributed by atoms with Gasteiger partial charge in [-0.15, -0.1) is 0 Å². The van der Waals surface area contributed by atoms with Gasteiger partial charge in [-0.25, -0.2) is 9.37 Å². The van der Waals surface area contributed by atoms with Crippen LogP contribution in [-0.2, 0) is 6.42 Å². The Balaban J connectivity index is 1.38. The minimum absolute atomic E-state index is 0.241. The molecule has 5 rings (SSSR count). The second kappa shape index (κ2) is 15.9. The number of H-pyrrole nitrogens is 2. The number of hydrogen-bond acceptors (Lipinski definition) is 4. The number of allylic oxidation sites excluding steroid dienone is 7. The number of fused-ring (bicyclic) bond motifs is 1. The zero-order valence-electron chi connectivity index (χ0n) is 28.9. The molecular formula is C41H49FN6. The average molecular weight is 645 g/mol. The normalized spacial score (nSPS) is 15.5. The summed E-state index contributed by atoms with van der Waals surface area (Å²) in [4.78, 5) is 10.5. The van der Waals surface area contributed by atoms with Crippen LogP contribution in [0.5, 0.6) is 0 Å². The van der Waals surface area contributed by atoms with Gasteiger partial charge in [0.15, 0.2) is 5.82 Å². The summed E-state index contributed by atoms with van der Waals surface area (Å²) in [6.07, 6.45) is 18.1. The lowest BCUT2D eigenvalue weighted by molar-refractivity contribution is 0.393. The fourth-order valence-corrected chi connectivity index (χ4v) is 6.42. The Bertz CT molecular complexity index is 1980. The Labute approximate surface area is 284 Å². The highest BCUT2D eigenvalue weighted by molar-refractivity contribution is 5.93. The van der Waals surface area contributed by atoms with Crippen molar-refractivity contribution in [2.45, 2.75) is 58.8 Å². The summed E-state index contributed by atoms with van der Waals surface area (Å²) in [5.74, 6) is 0.884. The molecule has 0 radical (unpaired) electrons. The second-order valence-electron chi connectivity index (χ2n) is 13.1. The van der Waals surface area contributed by atoms with Crippen molar-refractivity contribution in [3.63, 3.8) is 0 Å². The van der Waals surface area contributed by atoms with Gasteiger partial charge in [-0.3, -0.25) is 5.10 Å². The molecule has 0 aliphatic heterocycles. The highest BCUT2D eigenvalue weighted by Crippen LogP contribution is 2.31. The predicted octanol–water partition coefficient (Wildman–Crippen LogP) is 8.09. The van der Waals surface area contributed by atoms with E-state index >= 15 is 0 Å². The van der Waals surface area contributed by atoms with Gasteiger partial charge in [0.2, 0.25) is 0 Å². The maximum atomic E-state index is 14.7. The molecule has 4 aromatic rings. The molecule has 3 N–H and O–H groups in total. The number of rotatable bonds is 13. The first-order valence-corrected chi connectivity index (χ1v) is 17.0. The molecule has 2 aromatic heterocycles. The lowest BCUT2D eigenvalue weighted by atomic mass is 9.87. The molecule has 7 heteroatoms. The van der Waals surface area contributed by atoms with Crippen molar-refractivity contribution in [2.75, 3.05) is 20.6 Å². The number of halogens is 1. The molecule has 0 atom stereocenters. The highest BCUT2D eigenvalue weighted by Gasteiger charge is 2.17. The summed E-state index contributed by atoms with van der Waals surface area (Å²) >= 11 is 0. The number of aromatic nitrogens is 4. The van der Waals surface area contributed by atoms with E-state index in [0.29, 0.717) is 17.4 Å². The Morgan fingerprint density at radius 2 is 1.94 bits per heavy atom. The van der Waals surface area contributed by atoms with Crippen LogP contribution < -0.4 is 15.9 Å². The summed E-state index contributed by atoms with van der Waals surface area (Å²) in [5.41, 5.74) is 9.11. The lowest BCUT2D eigenvalue weighted by Crippen LogP contribution is -2.21. The van der Waals surface area contributed by atoms with Crippen LogP contribution in [0.25, 0.3) is 46.3 Å². The topological polar surface area (TPSA) is 72.6 Å². The third-order valence-corrected chi connectivity index (χ3v) is 9.18. The molecule has 1 fully saturated rings. The van der Waals surface area contributed by atoms with Crippen molar-refractivity contribution in [1.29, 1.82) is 0 Å². The molecule has 6 nitrogen and oxygen atoms in total. The van der Waals surface area contributed by atoms with E-state index in [1.807, 2.05) is 37.3 Å². The van der Waals surface area contributed by atoms with Crippen LogP contribution in [0.15, 0.2) is 96.4 Å². The van der Waals surface area contributed by atoms with Crippen LogP contribution in [0.2, 0.25) is 0 Å². The van der Waals surface area contributed by atoms with Gasteiger partial charge in [0.05, 0.1) is 16.4 Å². The molecule has 2 heterocycles. The number of nitrogens with zero attached hydrogens (tertiary/aromatic N) is 3. The summed E-state index contributed by atoms with van der Waals surface area (Å²) in [5, 5.41) is 12.8. The van der Waals surface area contributed by atoms with Crippen LogP contribution in [0.4, 0.5) is 4.39 Å². The number of imidazole rings is 1. The Hall–Kier alpha value is -4.75. The molecule has 0 amide bonds. The molecule has 250 valence electrons. The van der Waals surface area contributed by atoms with Crippen LogP contribution in [0.3, 0.4) is 0 Å². The van der Waals surface area contributed by atoms with Gasteiger partial charge in [-0.2, -0.15) is 5.10 Å². The van der Waals surface area contributed by atoms with Crippen molar-refractivity contribution in [2.24, 2.45) is 5.92 Å². The van der Waals surface area contributed by atoms with E-state index in [-0.39, 0.29) is 5.82 Å². The third-order valence-electron chi connectivity index (χ3n) is 9.18. The summed E-state index contributed by atoms with van der Waals surface area (Å²) in [6, 6.07) is 11.2. The van der Waals surface area contributed by atoms with E-state index in [4.69, 9.17) is 4.98 Å². The maximum Gasteiger partial charge on any atom is 0.159 e. The average Bonchev–Trinajstić information content (AvgIpc) is 3.68. The second-order valence-corrected chi connectivity index (χ2v) is 13.1. The van der Waals surface area contributed by atoms with E-state index in [1.165, 1.54) is 32.1 Å². The van der Waals surface area contributed by atoms with Gasteiger partial charge in [-0.05, 0) is 125 Å². The summed E-state index contributed by atoms with van der Waals surface area (Å²) in [6.45, 7) is 17.8. The smallest absolute Gasteiger partial charge is 0.159 e. The molecule has 0 saturated heterocycles. The molecule has 2 aromatic carbocycles. The van der Waals surface area contributed by atoms with E-state index in [0.717, 1.165) is 80.2 Å².